The molecule has 0 unspecified atom stereocenters. The van der Waals surface area contributed by atoms with Crippen LogP contribution in [-0.2, 0) is 4.74 Å². The second-order valence-corrected chi connectivity index (χ2v) is 13.4. The molecule has 176 valence electrons. The van der Waals surface area contributed by atoms with Gasteiger partial charge in [0.2, 0.25) is 0 Å². The third kappa shape index (κ3) is 5.60. The first-order chi connectivity index (χ1) is 16.5. The molecule has 0 aliphatic carbocycles. The summed E-state index contributed by atoms with van der Waals surface area (Å²) < 4.78 is 6.12. The van der Waals surface area contributed by atoms with Gasteiger partial charge in [0.25, 0.3) is 5.69 Å². The van der Waals surface area contributed by atoms with Crippen LogP contribution in [0.1, 0.15) is 29.6 Å². The molecule has 4 rings (SSSR count). The van der Waals surface area contributed by atoms with E-state index in [4.69, 9.17) is 4.74 Å². The van der Waals surface area contributed by atoms with E-state index in [1.807, 2.05) is 12.1 Å². The molecule has 0 spiro atoms. The van der Waals surface area contributed by atoms with Crippen molar-refractivity contribution in [3.8, 4) is 0 Å². The van der Waals surface area contributed by atoms with Gasteiger partial charge in [-0.1, -0.05) is 77.6 Å². The zero-order valence-corrected chi connectivity index (χ0v) is 20.4. The SMILES string of the molecule is C[Si](C[C@@H](C[C@@H]1CCCN1)OC(=O)c1ccc([N+](=O)[O-])cc1)(c1ccccc1)c1ccccc1. The second-order valence-electron chi connectivity index (χ2n) is 9.13. The highest BCUT2D eigenvalue weighted by atomic mass is 28.3. The molecule has 0 radical (unpaired) electrons. The third-order valence-corrected chi connectivity index (χ3v) is 11.2. The molecule has 1 aliphatic heterocycles. The lowest BCUT2D eigenvalue weighted by molar-refractivity contribution is -0.384. The van der Waals surface area contributed by atoms with Crippen LogP contribution in [0.2, 0.25) is 12.6 Å². The van der Waals surface area contributed by atoms with Crippen LogP contribution in [0.25, 0.3) is 0 Å². The molecule has 2 atom stereocenters. The maximum atomic E-state index is 13.1. The first kappa shape index (κ1) is 23.9. The molecule has 6 nitrogen and oxygen atoms in total. The van der Waals surface area contributed by atoms with Crippen LogP contribution in [0.5, 0.6) is 0 Å². The summed E-state index contributed by atoms with van der Waals surface area (Å²) in [6.07, 6.45) is 2.68. The smallest absolute Gasteiger partial charge is 0.338 e. The zero-order valence-electron chi connectivity index (χ0n) is 19.4. The Morgan fingerprint density at radius 1 is 1.03 bits per heavy atom. The average molecular weight is 475 g/mol. The summed E-state index contributed by atoms with van der Waals surface area (Å²) in [6, 6.07) is 27.8. The summed E-state index contributed by atoms with van der Waals surface area (Å²) in [6.45, 7) is 3.33. The van der Waals surface area contributed by atoms with Crippen molar-refractivity contribution in [3.05, 3.63) is 101 Å². The minimum Gasteiger partial charge on any atom is -0.459 e. The van der Waals surface area contributed by atoms with Crippen LogP contribution in [0.3, 0.4) is 0 Å². The highest BCUT2D eigenvalue weighted by molar-refractivity contribution is 7.01. The van der Waals surface area contributed by atoms with Gasteiger partial charge in [0.15, 0.2) is 0 Å². The van der Waals surface area contributed by atoms with Crippen LogP contribution >= 0.6 is 0 Å². The Hall–Kier alpha value is -3.29. The summed E-state index contributed by atoms with van der Waals surface area (Å²) >= 11 is 0. The number of non-ortho nitro benzene ring substituents is 1. The molecule has 1 fully saturated rings. The van der Waals surface area contributed by atoms with Crippen molar-refractivity contribution in [2.24, 2.45) is 0 Å². The molecule has 34 heavy (non-hydrogen) atoms. The number of carbonyl (C=O) groups excluding carboxylic acids is 1. The predicted octanol–water partition coefficient (Wildman–Crippen LogP) is 4.16. The molecule has 0 saturated carbocycles. The fourth-order valence-corrected chi connectivity index (χ4v) is 8.68. The van der Waals surface area contributed by atoms with Gasteiger partial charge in [0.1, 0.15) is 14.2 Å². The van der Waals surface area contributed by atoms with Crippen molar-refractivity contribution < 1.29 is 14.5 Å². The van der Waals surface area contributed by atoms with Gasteiger partial charge >= 0.3 is 5.97 Å². The molecule has 0 bridgehead atoms. The van der Waals surface area contributed by atoms with Gasteiger partial charge in [-0.2, -0.15) is 0 Å². The van der Waals surface area contributed by atoms with E-state index < -0.39 is 19.0 Å². The molecule has 1 saturated heterocycles. The number of nitrogens with zero attached hydrogens (tertiary/aromatic N) is 1. The monoisotopic (exact) mass is 474 g/mol. The van der Waals surface area contributed by atoms with Crippen LogP contribution in [0.4, 0.5) is 5.69 Å². The highest BCUT2D eigenvalue weighted by Gasteiger charge is 2.37. The average Bonchev–Trinajstić information content (AvgIpc) is 3.38. The van der Waals surface area contributed by atoms with Crippen LogP contribution in [0.15, 0.2) is 84.9 Å². The lowest BCUT2D eigenvalue weighted by Crippen LogP contribution is -2.57. The number of hydrogen-bond acceptors (Lipinski definition) is 5. The molecule has 1 N–H and O–H groups in total. The lowest BCUT2D eigenvalue weighted by atomic mass is 10.1. The zero-order chi connectivity index (χ0) is 24.0. The van der Waals surface area contributed by atoms with Gasteiger partial charge in [0, 0.05) is 18.2 Å². The molecule has 1 aliphatic rings. The third-order valence-electron chi connectivity index (χ3n) is 6.76. The number of benzene rings is 3. The lowest BCUT2D eigenvalue weighted by Gasteiger charge is -2.33. The number of hydrogen-bond donors (Lipinski definition) is 1. The minimum absolute atomic E-state index is 0.0450. The normalized spacial score (nSPS) is 16.7. The van der Waals surface area contributed by atoms with E-state index in [0.717, 1.165) is 31.9 Å². The van der Waals surface area contributed by atoms with Gasteiger partial charge in [-0.3, -0.25) is 10.1 Å². The van der Waals surface area contributed by atoms with Crippen molar-refractivity contribution >= 4 is 30.1 Å². The first-order valence-corrected chi connectivity index (χ1v) is 14.5. The maximum Gasteiger partial charge on any atom is 0.338 e. The molecule has 7 heteroatoms. The molecule has 1 heterocycles. The fraction of sp³-hybridized carbons (Fsp3) is 0.296. The Balaban J connectivity index is 1.62. The quantitative estimate of drug-likeness (QED) is 0.218. The molecular formula is C27H30N2O4Si. The molecule has 0 aromatic heterocycles. The van der Waals surface area contributed by atoms with Gasteiger partial charge in [0.05, 0.1) is 10.5 Å². The Bertz CT molecular complexity index is 1060. The minimum atomic E-state index is -2.22. The standard InChI is InChI=1S/C27H30N2O4Si/c1-34(25-10-4-2-5-11-25,26-12-6-3-7-13-26)20-24(19-22-9-8-18-28-22)33-27(30)21-14-16-23(17-15-21)29(31)32/h2-7,10-17,22,24,28H,8-9,18-20H2,1H3/t22-,24+/m0/s1. The van der Waals surface area contributed by atoms with Crippen molar-refractivity contribution in [1.82, 2.24) is 5.32 Å². The van der Waals surface area contributed by atoms with E-state index in [9.17, 15) is 14.9 Å². The topological polar surface area (TPSA) is 81.5 Å². The summed E-state index contributed by atoms with van der Waals surface area (Å²) in [5, 5.41) is 17.1. The molecule has 0 amide bonds. The Morgan fingerprint density at radius 3 is 2.12 bits per heavy atom. The van der Waals surface area contributed by atoms with Crippen molar-refractivity contribution in [2.75, 3.05) is 6.54 Å². The van der Waals surface area contributed by atoms with E-state index in [1.54, 1.807) is 0 Å². The van der Waals surface area contributed by atoms with Crippen molar-refractivity contribution in [1.29, 1.82) is 0 Å². The van der Waals surface area contributed by atoms with E-state index in [2.05, 4.69) is 60.4 Å². The number of nitrogens with one attached hydrogen (secondary N) is 1. The van der Waals surface area contributed by atoms with Gasteiger partial charge in [-0.05, 0) is 44.0 Å². The number of nitro groups is 1. The fourth-order valence-electron chi connectivity index (χ4n) is 4.86. The summed E-state index contributed by atoms with van der Waals surface area (Å²) in [7, 11) is -2.22. The maximum absolute atomic E-state index is 13.1. The number of carbonyl (C=O) groups is 1. The predicted molar refractivity (Wildman–Crippen MR) is 137 cm³/mol. The van der Waals surface area contributed by atoms with Crippen molar-refractivity contribution in [2.45, 2.75) is 44.0 Å². The first-order valence-electron chi connectivity index (χ1n) is 11.8. The van der Waals surface area contributed by atoms with E-state index in [0.29, 0.717) is 11.6 Å². The number of esters is 1. The van der Waals surface area contributed by atoms with Gasteiger partial charge in [-0.25, -0.2) is 4.79 Å². The summed E-state index contributed by atoms with van der Waals surface area (Å²) in [4.78, 5) is 23.6. The van der Waals surface area contributed by atoms with E-state index in [-0.39, 0.29) is 11.8 Å². The van der Waals surface area contributed by atoms with Crippen LogP contribution < -0.4 is 15.7 Å². The number of nitro benzene ring substituents is 1. The van der Waals surface area contributed by atoms with Gasteiger partial charge in [-0.15, -0.1) is 0 Å². The Morgan fingerprint density at radius 2 is 1.62 bits per heavy atom. The Kier molecular flexibility index (Phi) is 7.55. The van der Waals surface area contributed by atoms with Gasteiger partial charge < -0.3 is 10.1 Å². The number of rotatable bonds is 9. The van der Waals surface area contributed by atoms with Crippen LogP contribution in [-0.4, -0.2) is 37.7 Å². The molecular weight excluding hydrogens is 444 g/mol. The van der Waals surface area contributed by atoms with E-state index >= 15 is 0 Å². The summed E-state index contributed by atoms with van der Waals surface area (Å²) in [5.41, 5.74) is 0.286. The highest BCUT2D eigenvalue weighted by Crippen LogP contribution is 2.24. The second kappa shape index (κ2) is 10.8. The number of ether oxygens (including phenoxy) is 1. The summed E-state index contributed by atoms with van der Waals surface area (Å²) in [5.74, 6) is -0.435. The Labute approximate surface area is 201 Å². The largest absolute Gasteiger partial charge is 0.459 e. The molecule has 3 aromatic rings. The van der Waals surface area contributed by atoms with Crippen molar-refractivity contribution in [3.63, 3.8) is 0 Å². The van der Waals surface area contributed by atoms with E-state index in [1.165, 1.54) is 34.6 Å². The van der Waals surface area contributed by atoms with Crippen LogP contribution in [0, 0.1) is 10.1 Å². The molecule has 3 aromatic carbocycles.